The lowest BCUT2D eigenvalue weighted by Crippen LogP contribution is -1.99. The van der Waals surface area contributed by atoms with E-state index in [1.807, 2.05) is 20.9 Å². The van der Waals surface area contributed by atoms with Crippen molar-refractivity contribution in [3.05, 3.63) is 35.3 Å². The van der Waals surface area contributed by atoms with Crippen molar-refractivity contribution in [2.24, 2.45) is 0 Å². The van der Waals surface area contributed by atoms with Gasteiger partial charge < -0.3 is 5.32 Å². The molecule has 94 valence electrons. The maximum atomic E-state index is 4.51. The molecule has 1 N–H and O–H groups in total. The van der Waals surface area contributed by atoms with Crippen LogP contribution in [0.25, 0.3) is 0 Å². The molecule has 0 aliphatic carbocycles. The molecule has 2 rings (SSSR count). The Bertz CT molecular complexity index is 549. The minimum Gasteiger partial charge on any atom is -0.373 e. The number of nitrogens with one attached hydrogen (secondary N) is 1. The van der Waals surface area contributed by atoms with E-state index in [1.165, 1.54) is 5.56 Å². The topological polar surface area (TPSA) is 50.7 Å². The quantitative estimate of drug-likeness (QED) is 0.860. The van der Waals surface area contributed by atoms with Gasteiger partial charge in [0, 0.05) is 18.3 Å². The van der Waals surface area contributed by atoms with Crippen molar-refractivity contribution < 1.29 is 0 Å². The van der Waals surface area contributed by atoms with Crippen LogP contribution in [0, 0.1) is 20.8 Å². The maximum absolute atomic E-state index is 4.51. The van der Waals surface area contributed by atoms with Crippen LogP contribution in [-0.2, 0) is 0 Å². The van der Waals surface area contributed by atoms with Crippen molar-refractivity contribution in [2.75, 3.05) is 12.4 Å². The van der Waals surface area contributed by atoms with E-state index in [4.69, 9.17) is 0 Å². The van der Waals surface area contributed by atoms with Gasteiger partial charge in [0.25, 0.3) is 0 Å². The number of hydrogen-bond acceptors (Lipinski definition) is 5. The summed E-state index contributed by atoms with van der Waals surface area (Å²) in [6, 6.07) is 4.13. The highest BCUT2D eigenvalue weighted by atomic mass is 32.2. The molecule has 0 amide bonds. The average molecular weight is 260 g/mol. The molecule has 0 spiro atoms. The minimum atomic E-state index is 0.858. The van der Waals surface area contributed by atoms with Crippen LogP contribution in [0.3, 0.4) is 0 Å². The number of pyridine rings is 1. The van der Waals surface area contributed by atoms with Gasteiger partial charge in [-0.2, -0.15) is 0 Å². The van der Waals surface area contributed by atoms with E-state index < -0.39 is 0 Å². The highest BCUT2D eigenvalue weighted by molar-refractivity contribution is 7.99. The molecule has 0 radical (unpaired) electrons. The van der Waals surface area contributed by atoms with Crippen molar-refractivity contribution in [3.63, 3.8) is 0 Å². The van der Waals surface area contributed by atoms with Crippen LogP contribution in [0.1, 0.15) is 16.8 Å². The molecule has 0 fully saturated rings. The third-order valence-electron chi connectivity index (χ3n) is 2.55. The highest BCUT2D eigenvalue weighted by Crippen LogP contribution is 2.29. The summed E-state index contributed by atoms with van der Waals surface area (Å²) in [5, 5.41) is 4.97. The number of anilines is 1. The fourth-order valence-corrected chi connectivity index (χ4v) is 2.73. The van der Waals surface area contributed by atoms with Crippen LogP contribution in [-0.4, -0.2) is 22.0 Å². The molecule has 0 saturated carbocycles. The molecule has 2 aromatic heterocycles. The van der Waals surface area contributed by atoms with Crippen molar-refractivity contribution in [2.45, 2.75) is 30.8 Å². The van der Waals surface area contributed by atoms with Crippen molar-refractivity contribution >= 4 is 17.6 Å². The first-order chi connectivity index (χ1) is 8.60. The van der Waals surface area contributed by atoms with Gasteiger partial charge in [-0.1, -0.05) is 0 Å². The summed E-state index contributed by atoms with van der Waals surface area (Å²) in [5.41, 5.74) is 3.29. The maximum Gasteiger partial charge on any atom is 0.133 e. The van der Waals surface area contributed by atoms with Gasteiger partial charge >= 0.3 is 0 Å². The molecule has 0 aliphatic heterocycles. The first kappa shape index (κ1) is 12.8. The fourth-order valence-electron chi connectivity index (χ4n) is 1.74. The van der Waals surface area contributed by atoms with Crippen molar-refractivity contribution in [3.8, 4) is 0 Å². The Hall–Kier alpha value is -1.62. The number of aromatic nitrogens is 3. The summed E-state index contributed by atoms with van der Waals surface area (Å²) in [4.78, 5) is 13.0. The Kier molecular flexibility index (Phi) is 3.81. The largest absolute Gasteiger partial charge is 0.373 e. The molecule has 4 nitrogen and oxygen atoms in total. The molecule has 2 heterocycles. The van der Waals surface area contributed by atoms with Gasteiger partial charge in [0.05, 0.1) is 0 Å². The Morgan fingerprint density at radius 1 is 1.11 bits per heavy atom. The molecular weight excluding hydrogens is 244 g/mol. The first-order valence-corrected chi connectivity index (χ1v) is 6.54. The van der Waals surface area contributed by atoms with Crippen molar-refractivity contribution in [1.82, 2.24) is 15.0 Å². The molecule has 0 aliphatic rings. The van der Waals surface area contributed by atoms with Crippen LogP contribution in [0.2, 0.25) is 0 Å². The molecule has 18 heavy (non-hydrogen) atoms. The Balaban J connectivity index is 2.34. The van der Waals surface area contributed by atoms with Crippen LogP contribution < -0.4 is 5.32 Å². The zero-order valence-corrected chi connectivity index (χ0v) is 11.8. The van der Waals surface area contributed by atoms with E-state index in [2.05, 4.69) is 39.3 Å². The Morgan fingerprint density at radius 3 is 2.56 bits per heavy atom. The van der Waals surface area contributed by atoms with Crippen LogP contribution >= 0.6 is 11.8 Å². The summed E-state index contributed by atoms with van der Waals surface area (Å²) in [5.74, 6) is 0.858. The summed E-state index contributed by atoms with van der Waals surface area (Å²) in [6.45, 7) is 6.09. The van der Waals surface area contributed by atoms with Gasteiger partial charge in [0.15, 0.2) is 0 Å². The second kappa shape index (κ2) is 5.35. The summed E-state index contributed by atoms with van der Waals surface area (Å²) < 4.78 is 0. The standard InChI is InChI=1S/C13H16N4S/c1-8-5-9(2)17-11(6-8)18-13-10(3)12(14-4)15-7-16-13/h5-7H,1-4H3,(H,14,15,16). The number of aryl methyl sites for hydroxylation is 2. The fraction of sp³-hybridized carbons (Fsp3) is 0.308. The summed E-state index contributed by atoms with van der Waals surface area (Å²) in [7, 11) is 1.86. The second-order valence-electron chi connectivity index (χ2n) is 4.13. The average Bonchev–Trinajstić information content (AvgIpc) is 2.30. The molecule has 2 aromatic rings. The number of nitrogens with zero attached hydrogens (tertiary/aromatic N) is 3. The van der Waals surface area contributed by atoms with Gasteiger partial charge in [-0.15, -0.1) is 0 Å². The number of hydrogen-bond donors (Lipinski definition) is 1. The van der Waals surface area contributed by atoms with E-state index >= 15 is 0 Å². The number of rotatable bonds is 3. The van der Waals surface area contributed by atoms with Gasteiger partial charge in [-0.25, -0.2) is 15.0 Å². The zero-order valence-electron chi connectivity index (χ0n) is 11.0. The summed E-state index contributed by atoms with van der Waals surface area (Å²) >= 11 is 1.57. The lowest BCUT2D eigenvalue weighted by molar-refractivity contribution is 0.989. The smallest absolute Gasteiger partial charge is 0.133 e. The van der Waals surface area contributed by atoms with Gasteiger partial charge in [0.1, 0.15) is 22.2 Å². The highest BCUT2D eigenvalue weighted by Gasteiger charge is 2.08. The van der Waals surface area contributed by atoms with E-state index in [0.29, 0.717) is 0 Å². The monoisotopic (exact) mass is 260 g/mol. The van der Waals surface area contributed by atoms with Crippen molar-refractivity contribution in [1.29, 1.82) is 0 Å². The molecular formula is C13H16N4S. The van der Waals surface area contributed by atoms with Crippen LogP contribution in [0.15, 0.2) is 28.5 Å². The molecule has 5 heteroatoms. The van der Waals surface area contributed by atoms with E-state index in [0.717, 1.165) is 27.1 Å². The molecule has 0 bridgehead atoms. The van der Waals surface area contributed by atoms with Gasteiger partial charge in [-0.3, -0.25) is 0 Å². The summed E-state index contributed by atoms with van der Waals surface area (Å²) in [6.07, 6.45) is 1.57. The normalized spacial score (nSPS) is 10.4. The van der Waals surface area contributed by atoms with Crippen LogP contribution in [0.4, 0.5) is 5.82 Å². The lowest BCUT2D eigenvalue weighted by atomic mass is 10.3. The SMILES string of the molecule is CNc1ncnc(Sc2cc(C)cc(C)n2)c1C. The Morgan fingerprint density at radius 2 is 1.89 bits per heavy atom. The predicted molar refractivity (Wildman–Crippen MR) is 74.1 cm³/mol. The van der Waals surface area contributed by atoms with E-state index in [1.54, 1.807) is 18.1 Å². The molecule has 0 aromatic carbocycles. The molecule has 0 unspecified atom stereocenters. The van der Waals surface area contributed by atoms with Gasteiger partial charge in [-0.05, 0) is 50.2 Å². The molecule has 0 saturated heterocycles. The third kappa shape index (κ3) is 2.79. The second-order valence-corrected chi connectivity index (χ2v) is 5.14. The Labute approximate surface area is 111 Å². The zero-order chi connectivity index (χ0) is 13.1. The lowest BCUT2D eigenvalue weighted by Gasteiger charge is -2.08. The van der Waals surface area contributed by atoms with E-state index in [9.17, 15) is 0 Å². The molecule has 0 atom stereocenters. The first-order valence-electron chi connectivity index (χ1n) is 5.72. The van der Waals surface area contributed by atoms with Crippen LogP contribution in [0.5, 0.6) is 0 Å². The third-order valence-corrected chi connectivity index (χ3v) is 3.57. The minimum absolute atomic E-state index is 0.858. The van der Waals surface area contributed by atoms with Gasteiger partial charge in [0.2, 0.25) is 0 Å². The van der Waals surface area contributed by atoms with E-state index in [-0.39, 0.29) is 0 Å². The predicted octanol–water partition coefficient (Wildman–Crippen LogP) is 2.99.